The van der Waals surface area contributed by atoms with Crippen molar-refractivity contribution in [3.8, 4) is 11.3 Å². The molecule has 1 saturated carbocycles. The molecule has 2 aromatic heterocycles. The first kappa shape index (κ1) is 19.9. The number of likely N-dealkylation sites (tertiary alicyclic amines) is 1. The number of rotatable bonds is 5. The van der Waals surface area contributed by atoms with E-state index in [-0.39, 0.29) is 0 Å². The van der Waals surface area contributed by atoms with Crippen LogP contribution in [0, 0.1) is 5.92 Å². The minimum absolute atomic E-state index is 0.669. The summed E-state index contributed by atoms with van der Waals surface area (Å²) in [6, 6.07) is 10.8. The van der Waals surface area contributed by atoms with Crippen molar-refractivity contribution in [3.63, 3.8) is 0 Å². The average Bonchev–Trinajstić information content (AvgIpc) is 3.43. The van der Waals surface area contributed by atoms with Crippen LogP contribution in [-0.4, -0.2) is 53.0 Å². The molecule has 1 saturated heterocycles. The number of aromatic nitrogens is 3. The van der Waals surface area contributed by atoms with Crippen molar-refractivity contribution < 1.29 is 0 Å². The third-order valence-electron chi connectivity index (χ3n) is 6.76. The summed E-state index contributed by atoms with van der Waals surface area (Å²) in [7, 11) is 2.05. The largest absolute Gasteiger partial charge is 0.370 e. The van der Waals surface area contributed by atoms with Gasteiger partial charge in [0, 0.05) is 42.0 Å². The zero-order valence-corrected chi connectivity index (χ0v) is 18.4. The SMILES string of the molecule is Bc1cnn2c(NCC3CCCN(C4CCCC4)C3)cc(-c3ccccc3Cl)nc12. The standard InChI is InChI=1S/C23H29BClN5/c24-19-14-27-30-22(12-21(28-23(19)30)18-9-3-4-10-20(18)25)26-13-16-6-5-11-29(15-16)17-7-1-2-8-17/h3-4,9-10,12,14,16-17,26H,1-2,5-8,11,13,15,24H2. The van der Waals surface area contributed by atoms with Crippen LogP contribution in [-0.2, 0) is 0 Å². The molecule has 156 valence electrons. The molecule has 0 spiro atoms. The summed E-state index contributed by atoms with van der Waals surface area (Å²) in [6.45, 7) is 3.44. The number of nitrogens with zero attached hydrogens (tertiary/aromatic N) is 4. The molecule has 5 nitrogen and oxygen atoms in total. The van der Waals surface area contributed by atoms with Crippen LogP contribution < -0.4 is 10.8 Å². The lowest BCUT2D eigenvalue weighted by Gasteiger charge is -2.37. The summed E-state index contributed by atoms with van der Waals surface area (Å²) in [4.78, 5) is 7.60. The van der Waals surface area contributed by atoms with E-state index >= 15 is 0 Å². The molecule has 1 atom stereocenters. The quantitative estimate of drug-likeness (QED) is 0.642. The van der Waals surface area contributed by atoms with Gasteiger partial charge in [0.15, 0.2) is 5.65 Å². The molecule has 1 aromatic carbocycles. The highest BCUT2D eigenvalue weighted by Gasteiger charge is 2.27. The Hall–Kier alpha value is -2.05. The van der Waals surface area contributed by atoms with Crippen LogP contribution in [0.2, 0.25) is 5.02 Å². The fourth-order valence-corrected chi connectivity index (χ4v) is 5.35. The summed E-state index contributed by atoms with van der Waals surface area (Å²) in [5, 5.41) is 8.99. The Kier molecular flexibility index (Phi) is 5.70. The first-order valence-corrected chi connectivity index (χ1v) is 11.6. The van der Waals surface area contributed by atoms with Gasteiger partial charge in [0.25, 0.3) is 0 Å². The van der Waals surface area contributed by atoms with Crippen molar-refractivity contribution in [3.05, 3.63) is 41.6 Å². The van der Waals surface area contributed by atoms with Crippen molar-refractivity contribution in [2.45, 2.75) is 44.6 Å². The van der Waals surface area contributed by atoms with Crippen LogP contribution in [0.15, 0.2) is 36.5 Å². The number of halogens is 1. The Labute approximate surface area is 184 Å². The van der Waals surface area contributed by atoms with Gasteiger partial charge in [-0.05, 0) is 49.7 Å². The van der Waals surface area contributed by atoms with Crippen molar-refractivity contribution in [2.75, 3.05) is 25.0 Å². The van der Waals surface area contributed by atoms with E-state index < -0.39 is 0 Å². The Bertz CT molecular complexity index is 1030. The second-order valence-corrected chi connectivity index (χ2v) is 9.30. The highest BCUT2D eigenvalue weighted by atomic mass is 35.5. The van der Waals surface area contributed by atoms with Gasteiger partial charge >= 0.3 is 0 Å². The second kappa shape index (κ2) is 8.60. The lowest BCUT2D eigenvalue weighted by Crippen LogP contribution is -2.43. The molecule has 3 heterocycles. The van der Waals surface area contributed by atoms with Crippen molar-refractivity contribution in [1.29, 1.82) is 0 Å². The minimum Gasteiger partial charge on any atom is -0.370 e. The number of anilines is 1. The molecule has 5 rings (SSSR count). The average molecular weight is 422 g/mol. The normalized spacial score (nSPS) is 20.8. The van der Waals surface area contributed by atoms with E-state index in [1.807, 2.05) is 35.0 Å². The Morgan fingerprint density at radius 2 is 1.97 bits per heavy atom. The maximum Gasteiger partial charge on any atom is 0.151 e. The van der Waals surface area contributed by atoms with Gasteiger partial charge in [-0.1, -0.05) is 42.6 Å². The number of piperidine rings is 1. The molecule has 1 aliphatic carbocycles. The third kappa shape index (κ3) is 3.95. The highest BCUT2D eigenvalue weighted by molar-refractivity contribution is 6.36. The highest BCUT2D eigenvalue weighted by Crippen LogP contribution is 2.30. The van der Waals surface area contributed by atoms with Gasteiger partial charge in [-0.25, -0.2) is 4.98 Å². The summed E-state index contributed by atoms with van der Waals surface area (Å²) in [5.74, 6) is 1.66. The summed E-state index contributed by atoms with van der Waals surface area (Å²) >= 11 is 6.46. The molecule has 0 bridgehead atoms. The van der Waals surface area contributed by atoms with E-state index in [0.717, 1.165) is 45.8 Å². The van der Waals surface area contributed by atoms with Crippen LogP contribution in [0.3, 0.4) is 0 Å². The fourth-order valence-electron chi connectivity index (χ4n) is 5.12. The number of nitrogens with one attached hydrogen (secondary N) is 1. The molecule has 30 heavy (non-hydrogen) atoms. The van der Waals surface area contributed by atoms with E-state index in [1.165, 1.54) is 51.6 Å². The predicted octanol–water partition coefficient (Wildman–Crippen LogP) is 3.37. The zero-order chi connectivity index (χ0) is 20.5. The van der Waals surface area contributed by atoms with Crippen molar-refractivity contribution in [2.24, 2.45) is 5.92 Å². The van der Waals surface area contributed by atoms with E-state index in [9.17, 15) is 0 Å². The van der Waals surface area contributed by atoms with Crippen molar-refractivity contribution in [1.82, 2.24) is 19.5 Å². The van der Waals surface area contributed by atoms with Crippen LogP contribution in [0.1, 0.15) is 38.5 Å². The first-order valence-electron chi connectivity index (χ1n) is 11.3. The monoisotopic (exact) mass is 421 g/mol. The first-order chi connectivity index (χ1) is 14.7. The molecular weight excluding hydrogens is 393 g/mol. The topological polar surface area (TPSA) is 45.5 Å². The van der Waals surface area contributed by atoms with Crippen LogP contribution in [0.4, 0.5) is 5.82 Å². The van der Waals surface area contributed by atoms with Gasteiger partial charge in [0.1, 0.15) is 13.7 Å². The van der Waals surface area contributed by atoms with E-state index in [4.69, 9.17) is 16.6 Å². The van der Waals surface area contributed by atoms with Gasteiger partial charge in [0.05, 0.1) is 5.69 Å². The van der Waals surface area contributed by atoms with E-state index in [0.29, 0.717) is 5.92 Å². The predicted molar refractivity (Wildman–Crippen MR) is 127 cm³/mol. The van der Waals surface area contributed by atoms with Crippen LogP contribution in [0.5, 0.6) is 0 Å². The molecular formula is C23H29BClN5. The smallest absolute Gasteiger partial charge is 0.151 e. The Morgan fingerprint density at radius 1 is 1.13 bits per heavy atom. The second-order valence-electron chi connectivity index (χ2n) is 8.89. The zero-order valence-electron chi connectivity index (χ0n) is 17.6. The Balaban J connectivity index is 1.38. The molecule has 1 aliphatic heterocycles. The molecule has 2 fully saturated rings. The number of benzene rings is 1. The van der Waals surface area contributed by atoms with Crippen molar-refractivity contribution >= 4 is 36.4 Å². The summed E-state index contributed by atoms with van der Waals surface area (Å²) < 4.78 is 1.92. The molecule has 3 aromatic rings. The third-order valence-corrected chi connectivity index (χ3v) is 7.09. The fraction of sp³-hybridized carbons (Fsp3) is 0.478. The Morgan fingerprint density at radius 3 is 2.80 bits per heavy atom. The molecule has 0 amide bonds. The minimum atomic E-state index is 0.669. The summed E-state index contributed by atoms with van der Waals surface area (Å²) in [5.41, 5.74) is 3.79. The van der Waals surface area contributed by atoms with Crippen LogP contribution in [0.25, 0.3) is 16.9 Å². The lowest BCUT2D eigenvalue weighted by molar-refractivity contribution is 0.129. The van der Waals surface area contributed by atoms with E-state index in [2.05, 4.69) is 29.2 Å². The number of hydrogen-bond donors (Lipinski definition) is 1. The maximum atomic E-state index is 6.46. The van der Waals surface area contributed by atoms with E-state index in [1.54, 1.807) is 0 Å². The molecule has 2 aliphatic rings. The molecule has 1 N–H and O–H groups in total. The van der Waals surface area contributed by atoms with Gasteiger partial charge in [-0.2, -0.15) is 9.61 Å². The van der Waals surface area contributed by atoms with Gasteiger partial charge in [-0.3, -0.25) is 0 Å². The van der Waals surface area contributed by atoms with Gasteiger partial charge in [-0.15, -0.1) is 0 Å². The number of fused-ring (bicyclic) bond motifs is 1. The number of hydrogen-bond acceptors (Lipinski definition) is 4. The maximum absolute atomic E-state index is 6.46. The van der Waals surface area contributed by atoms with Crippen LogP contribution >= 0.6 is 11.6 Å². The molecule has 1 unspecified atom stereocenters. The van der Waals surface area contributed by atoms with Gasteiger partial charge in [0.2, 0.25) is 0 Å². The lowest BCUT2D eigenvalue weighted by atomic mass is 9.96. The molecule has 0 radical (unpaired) electrons. The van der Waals surface area contributed by atoms with Gasteiger partial charge < -0.3 is 10.2 Å². The molecule has 7 heteroatoms. The summed E-state index contributed by atoms with van der Waals surface area (Å²) in [6.07, 6.45) is 10.1.